The molecule has 1 aliphatic rings. The molecule has 1 aliphatic carbocycles. The van der Waals surface area contributed by atoms with Crippen LogP contribution in [0.25, 0.3) is 11.5 Å². The van der Waals surface area contributed by atoms with E-state index in [2.05, 4.69) is 22.3 Å². The molecule has 116 valence electrons. The van der Waals surface area contributed by atoms with Crippen molar-refractivity contribution in [3.8, 4) is 17.2 Å². The van der Waals surface area contributed by atoms with Crippen LogP contribution in [0.15, 0.2) is 46.9 Å². The zero-order chi connectivity index (χ0) is 15.6. The Bertz CT molecular complexity index is 827. The van der Waals surface area contributed by atoms with Gasteiger partial charge in [0.2, 0.25) is 5.89 Å². The second-order valence-electron chi connectivity index (χ2n) is 5.58. The van der Waals surface area contributed by atoms with Crippen molar-refractivity contribution in [3.05, 3.63) is 64.5 Å². The number of hydrogen-bond donors (Lipinski definition) is 0. The van der Waals surface area contributed by atoms with Gasteiger partial charge < -0.3 is 9.15 Å². The van der Waals surface area contributed by atoms with Gasteiger partial charge in [0.15, 0.2) is 6.61 Å². The Kier molecular flexibility index (Phi) is 3.75. The smallest absolute Gasteiger partial charge is 0.254 e. The molecule has 1 heterocycles. The van der Waals surface area contributed by atoms with E-state index in [9.17, 15) is 0 Å². The lowest BCUT2D eigenvalue weighted by molar-refractivity contribution is 0.264. The van der Waals surface area contributed by atoms with Crippen molar-refractivity contribution in [1.29, 1.82) is 0 Å². The summed E-state index contributed by atoms with van der Waals surface area (Å²) in [6.45, 7) is 0.263. The summed E-state index contributed by atoms with van der Waals surface area (Å²) >= 11 is 5.88. The highest BCUT2D eigenvalue weighted by Gasteiger charge is 2.12. The van der Waals surface area contributed by atoms with E-state index in [0.29, 0.717) is 16.8 Å². The van der Waals surface area contributed by atoms with E-state index >= 15 is 0 Å². The summed E-state index contributed by atoms with van der Waals surface area (Å²) in [7, 11) is 0. The van der Waals surface area contributed by atoms with E-state index in [1.165, 1.54) is 24.0 Å². The highest BCUT2D eigenvalue weighted by atomic mass is 35.5. The fourth-order valence-electron chi connectivity index (χ4n) is 2.80. The monoisotopic (exact) mass is 326 g/mol. The quantitative estimate of drug-likeness (QED) is 0.710. The maximum absolute atomic E-state index is 5.88. The molecule has 0 spiro atoms. The molecule has 1 aromatic heterocycles. The Morgan fingerprint density at radius 1 is 1.00 bits per heavy atom. The highest BCUT2D eigenvalue weighted by Crippen LogP contribution is 2.26. The van der Waals surface area contributed by atoms with E-state index in [-0.39, 0.29) is 6.61 Å². The molecule has 0 unspecified atom stereocenters. The van der Waals surface area contributed by atoms with Gasteiger partial charge in [0.25, 0.3) is 5.89 Å². The number of nitrogens with zero attached hydrogens (tertiary/aromatic N) is 2. The minimum Gasteiger partial charge on any atom is -0.484 e. The van der Waals surface area contributed by atoms with E-state index in [1.807, 2.05) is 18.2 Å². The van der Waals surface area contributed by atoms with Gasteiger partial charge in [-0.05, 0) is 66.8 Å². The van der Waals surface area contributed by atoms with Crippen molar-refractivity contribution in [2.75, 3.05) is 0 Å². The number of fused-ring (bicyclic) bond motifs is 1. The van der Waals surface area contributed by atoms with Crippen LogP contribution in [0.5, 0.6) is 5.75 Å². The third kappa shape index (κ3) is 3.08. The van der Waals surface area contributed by atoms with Crippen LogP contribution in [0.2, 0.25) is 5.02 Å². The minimum absolute atomic E-state index is 0.263. The molecular weight excluding hydrogens is 312 g/mol. The molecule has 4 rings (SSSR count). The number of benzene rings is 2. The summed E-state index contributed by atoms with van der Waals surface area (Å²) in [6, 6.07) is 13.5. The molecule has 0 amide bonds. The Balaban J connectivity index is 1.44. The zero-order valence-electron chi connectivity index (χ0n) is 12.5. The van der Waals surface area contributed by atoms with Gasteiger partial charge in [0.1, 0.15) is 5.75 Å². The molecule has 4 nitrogen and oxygen atoms in total. The molecular formula is C18H15ClN2O2. The number of rotatable bonds is 4. The molecule has 0 aliphatic heterocycles. The number of ether oxygens (including phenoxy) is 1. The molecule has 0 saturated heterocycles. The van der Waals surface area contributed by atoms with Crippen molar-refractivity contribution >= 4 is 11.6 Å². The van der Waals surface area contributed by atoms with Gasteiger partial charge in [0, 0.05) is 10.6 Å². The van der Waals surface area contributed by atoms with Crippen LogP contribution in [-0.4, -0.2) is 10.2 Å². The first-order valence-electron chi connectivity index (χ1n) is 7.61. The van der Waals surface area contributed by atoms with Crippen molar-refractivity contribution < 1.29 is 9.15 Å². The van der Waals surface area contributed by atoms with E-state index in [1.54, 1.807) is 12.1 Å². The van der Waals surface area contributed by atoms with E-state index < -0.39 is 0 Å². The SMILES string of the molecule is Clc1ccc(-c2nnc(COc3ccc4c(c3)CCC4)o2)cc1. The molecule has 0 radical (unpaired) electrons. The number of aromatic nitrogens is 2. The lowest BCUT2D eigenvalue weighted by atomic mass is 10.1. The number of halogens is 1. The van der Waals surface area contributed by atoms with Crippen LogP contribution in [0, 0.1) is 0 Å². The fraction of sp³-hybridized carbons (Fsp3) is 0.222. The van der Waals surface area contributed by atoms with Crippen LogP contribution in [0.4, 0.5) is 0 Å². The average Bonchev–Trinajstić information content (AvgIpc) is 3.22. The largest absolute Gasteiger partial charge is 0.484 e. The maximum atomic E-state index is 5.88. The molecule has 5 heteroatoms. The van der Waals surface area contributed by atoms with Crippen LogP contribution >= 0.6 is 11.6 Å². The van der Waals surface area contributed by atoms with E-state index in [4.69, 9.17) is 20.8 Å². The van der Waals surface area contributed by atoms with Gasteiger partial charge in [-0.25, -0.2) is 0 Å². The summed E-state index contributed by atoms with van der Waals surface area (Å²) in [5.41, 5.74) is 3.65. The first kappa shape index (κ1) is 14.3. The van der Waals surface area contributed by atoms with Crippen molar-refractivity contribution in [3.63, 3.8) is 0 Å². The Morgan fingerprint density at radius 3 is 2.70 bits per heavy atom. The lowest BCUT2D eigenvalue weighted by Crippen LogP contribution is -1.96. The first-order valence-corrected chi connectivity index (χ1v) is 7.99. The second kappa shape index (κ2) is 6.05. The number of hydrogen-bond acceptors (Lipinski definition) is 4. The molecule has 0 N–H and O–H groups in total. The van der Waals surface area contributed by atoms with Gasteiger partial charge in [-0.2, -0.15) is 0 Å². The lowest BCUT2D eigenvalue weighted by Gasteiger charge is -2.05. The highest BCUT2D eigenvalue weighted by molar-refractivity contribution is 6.30. The normalized spacial score (nSPS) is 13.1. The van der Waals surface area contributed by atoms with Crippen LogP contribution < -0.4 is 4.74 Å². The predicted octanol–water partition coefficient (Wildman–Crippen LogP) is 4.46. The van der Waals surface area contributed by atoms with Crippen molar-refractivity contribution in [2.45, 2.75) is 25.9 Å². The number of aryl methyl sites for hydroxylation is 2. The molecule has 2 aromatic carbocycles. The van der Waals surface area contributed by atoms with Gasteiger partial charge in [-0.15, -0.1) is 10.2 Å². The Labute approximate surface area is 139 Å². The topological polar surface area (TPSA) is 48.2 Å². The minimum atomic E-state index is 0.263. The standard InChI is InChI=1S/C18H15ClN2O2/c19-15-7-4-13(5-8-15)18-21-20-17(23-18)11-22-16-9-6-12-2-1-3-14(12)10-16/h4-10H,1-3,11H2. The Hall–Kier alpha value is -2.33. The maximum Gasteiger partial charge on any atom is 0.254 e. The summed E-state index contributed by atoms with van der Waals surface area (Å²) in [4.78, 5) is 0. The first-order chi connectivity index (χ1) is 11.3. The van der Waals surface area contributed by atoms with Crippen LogP contribution in [0.1, 0.15) is 23.4 Å². The fourth-order valence-corrected chi connectivity index (χ4v) is 2.93. The third-order valence-electron chi connectivity index (χ3n) is 3.99. The molecule has 0 saturated carbocycles. The average molecular weight is 327 g/mol. The molecule has 0 bridgehead atoms. The molecule has 23 heavy (non-hydrogen) atoms. The van der Waals surface area contributed by atoms with Gasteiger partial charge >= 0.3 is 0 Å². The summed E-state index contributed by atoms with van der Waals surface area (Å²) in [6.07, 6.45) is 3.53. The third-order valence-corrected chi connectivity index (χ3v) is 4.24. The molecule has 3 aromatic rings. The Morgan fingerprint density at radius 2 is 1.83 bits per heavy atom. The van der Waals surface area contributed by atoms with E-state index in [0.717, 1.165) is 17.7 Å². The summed E-state index contributed by atoms with van der Waals surface area (Å²) < 4.78 is 11.4. The van der Waals surface area contributed by atoms with Crippen molar-refractivity contribution in [1.82, 2.24) is 10.2 Å². The zero-order valence-corrected chi connectivity index (χ0v) is 13.2. The van der Waals surface area contributed by atoms with Gasteiger partial charge in [-0.3, -0.25) is 0 Å². The predicted molar refractivity (Wildman–Crippen MR) is 87.5 cm³/mol. The van der Waals surface area contributed by atoms with Crippen molar-refractivity contribution in [2.24, 2.45) is 0 Å². The molecule has 0 fully saturated rings. The van der Waals surface area contributed by atoms with Crippen LogP contribution in [0.3, 0.4) is 0 Å². The summed E-state index contributed by atoms with van der Waals surface area (Å²) in [5.74, 6) is 1.77. The van der Waals surface area contributed by atoms with Crippen LogP contribution in [-0.2, 0) is 19.4 Å². The summed E-state index contributed by atoms with van der Waals surface area (Å²) in [5, 5.41) is 8.75. The second-order valence-corrected chi connectivity index (χ2v) is 6.02. The molecule has 0 atom stereocenters. The van der Waals surface area contributed by atoms with Gasteiger partial charge in [0.05, 0.1) is 0 Å². The van der Waals surface area contributed by atoms with Gasteiger partial charge in [-0.1, -0.05) is 17.7 Å².